The molecule has 0 fully saturated rings. The number of anilines is 1. The molecule has 0 saturated carbocycles. The number of hydrogen-bond acceptors (Lipinski definition) is 7. The number of halogens is 2. The van der Waals surface area contributed by atoms with E-state index < -0.39 is 12.1 Å². The van der Waals surface area contributed by atoms with Gasteiger partial charge in [0, 0.05) is 25.0 Å². The van der Waals surface area contributed by atoms with E-state index in [-0.39, 0.29) is 6.04 Å². The zero-order valence-electron chi connectivity index (χ0n) is 17.6. The number of benzene rings is 1. The number of nitrogens with one attached hydrogen (secondary N) is 3. The first-order valence-corrected chi connectivity index (χ1v) is 10.9. The maximum absolute atomic E-state index is 12.8. The summed E-state index contributed by atoms with van der Waals surface area (Å²) in [5.41, 5.74) is 3.30. The number of hydroxylamine groups is 2. The lowest BCUT2D eigenvalue weighted by molar-refractivity contribution is -0.112. The van der Waals surface area contributed by atoms with Crippen LogP contribution in [0.25, 0.3) is 0 Å². The highest BCUT2D eigenvalue weighted by molar-refractivity contribution is 6.42. The van der Waals surface area contributed by atoms with Crippen LogP contribution in [0.3, 0.4) is 0 Å². The average molecular weight is 476 g/mol. The number of carbonyl (C=O) groups excluding carboxylic acids is 1. The van der Waals surface area contributed by atoms with Crippen LogP contribution in [-0.4, -0.2) is 43.9 Å². The van der Waals surface area contributed by atoms with Gasteiger partial charge in [-0.1, -0.05) is 29.3 Å². The van der Waals surface area contributed by atoms with E-state index in [0.29, 0.717) is 41.2 Å². The zero-order chi connectivity index (χ0) is 22.7. The topological polar surface area (TPSA) is 108 Å². The minimum absolute atomic E-state index is 0.218. The molecule has 11 heteroatoms. The van der Waals surface area contributed by atoms with Crippen molar-refractivity contribution in [3.8, 4) is 0 Å². The molecule has 9 nitrogen and oxygen atoms in total. The van der Waals surface area contributed by atoms with E-state index in [1.54, 1.807) is 35.5 Å². The van der Waals surface area contributed by atoms with Crippen molar-refractivity contribution >= 4 is 35.2 Å². The number of aromatic nitrogens is 4. The van der Waals surface area contributed by atoms with Gasteiger partial charge in [0.25, 0.3) is 0 Å². The molecule has 168 valence electrons. The van der Waals surface area contributed by atoms with Crippen molar-refractivity contribution in [3.63, 3.8) is 0 Å². The Labute approximate surface area is 195 Å². The van der Waals surface area contributed by atoms with Crippen molar-refractivity contribution < 1.29 is 9.63 Å². The van der Waals surface area contributed by atoms with E-state index in [2.05, 4.69) is 30.8 Å². The first-order valence-electron chi connectivity index (χ1n) is 10.2. The minimum atomic E-state index is -0.603. The Hall–Kier alpha value is -2.88. The fraction of sp³-hybridized carbons (Fsp3) is 0.333. The molecule has 1 aromatic carbocycles. The summed E-state index contributed by atoms with van der Waals surface area (Å²) in [4.78, 5) is 27.2. The molecule has 1 atom stereocenters. The van der Waals surface area contributed by atoms with Crippen LogP contribution < -0.4 is 10.6 Å². The van der Waals surface area contributed by atoms with Crippen LogP contribution in [0.2, 0.25) is 10.0 Å². The fourth-order valence-corrected chi connectivity index (χ4v) is 3.71. The Balaban J connectivity index is 1.45. The van der Waals surface area contributed by atoms with Crippen LogP contribution in [0.15, 0.2) is 36.7 Å². The molecule has 0 aliphatic carbocycles. The van der Waals surface area contributed by atoms with Gasteiger partial charge in [0.05, 0.1) is 34.0 Å². The Kier molecular flexibility index (Phi) is 6.78. The summed E-state index contributed by atoms with van der Waals surface area (Å²) < 4.78 is 0. The van der Waals surface area contributed by atoms with E-state index >= 15 is 0 Å². The van der Waals surface area contributed by atoms with E-state index in [4.69, 9.17) is 28.0 Å². The molecular weight excluding hydrogens is 453 g/mol. The lowest BCUT2D eigenvalue weighted by Crippen LogP contribution is -2.39. The molecule has 1 amide bonds. The SMILES string of the molecule is CC(C)Nc1ncc2c(n1)CN(OC(=O)NC(c1ccc(Cl)c(Cl)c1)c1ccn[nH]1)CC2. The summed E-state index contributed by atoms with van der Waals surface area (Å²) in [5.74, 6) is 0.559. The number of nitrogens with zero attached hydrogens (tertiary/aromatic N) is 4. The highest BCUT2D eigenvalue weighted by atomic mass is 35.5. The quantitative estimate of drug-likeness (QED) is 0.491. The van der Waals surface area contributed by atoms with E-state index in [1.807, 2.05) is 20.0 Å². The van der Waals surface area contributed by atoms with Crippen molar-refractivity contribution in [2.45, 2.75) is 38.9 Å². The number of amides is 1. The van der Waals surface area contributed by atoms with Gasteiger partial charge in [-0.3, -0.25) is 5.10 Å². The molecule has 1 aliphatic rings. The number of carbonyl (C=O) groups is 1. The molecule has 3 heterocycles. The molecule has 1 unspecified atom stereocenters. The standard InChI is InChI=1S/C21H23Cl2N7O2/c1-12(2)26-20-24-10-14-6-8-30(11-18(14)27-20)32-21(31)28-19(17-5-7-25-29-17)13-3-4-15(22)16(23)9-13/h3-5,7,9-10,12,19H,6,8,11H2,1-2H3,(H,25,29)(H,28,31)(H,24,26,27). The van der Waals surface area contributed by atoms with Crippen LogP contribution in [0, 0.1) is 0 Å². The Morgan fingerprint density at radius 3 is 2.81 bits per heavy atom. The van der Waals surface area contributed by atoms with Gasteiger partial charge in [-0.05, 0) is 49.6 Å². The Morgan fingerprint density at radius 1 is 1.25 bits per heavy atom. The highest BCUT2D eigenvalue weighted by Gasteiger charge is 2.25. The molecule has 0 spiro atoms. The number of fused-ring (bicyclic) bond motifs is 1. The second-order valence-electron chi connectivity index (χ2n) is 7.72. The summed E-state index contributed by atoms with van der Waals surface area (Å²) in [6, 6.07) is 6.62. The van der Waals surface area contributed by atoms with E-state index in [1.165, 1.54) is 0 Å². The first kappa shape index (κ1) is 22.3. The van der Waals surface area contributed by atoms with Gasteiger partial charge in [0.15, 0.2) is 0 Å². The van der Waals surface area contributed by atoms with E-state index in [0.717, 1.165) is 16.8 Å². The van der Waals surface area contributed by atoms with Gasteiger partial charge in [0.1, 0.15) is 0 Å². The highest BCUT2D eigenvalue weighted by Crippen LogP contribution is 2.28. The van der Waals surface area contributed by atoms with Crippen LogP contribution in [-0.2, 0) is 17.8 Å². The molecule has 2 aromatic heterocycles. The second-order valence-corrected chi connectivity index (χ2v) is 8.53. The van der Waals surface area contributed by atoms with E-state index in [9.17, 15) is 4.79 Å². The van der Waals surface area contributed by atoms with Gasteiger partial charge in [0.2, 0.25) is 5.95 Å². The molecular formula is C21H23Cl2N7O2. The van der Waals surface area contributed by atoms with Crippen LogP contribution in [0.1, 0.15) is 42.4 Å². The molecule has 4 rings (SSSR count). The monoisotopic (exact) mass is 475 g/mol. The number of aromatic amines is 1. The molecule has 0 bridgehead atoms. The van der Waals surface area contributed by atoms with Crippen molar-refractivity contribution in [2.24, 2.45) is 0 Å². The van der Waals surface area contributed by atoms with Gasteiger partial charge in [-0.25, -0.2) is 14.8 Å². The van der Waals surface area contributed by atoms with Gasteiger partial charge < -0.3 is 15.5 Å². The smallest absolute Gasteiger partial charge is 0.352 e. The summed E-state index contributed by atoms with van der Waals surface area (Å²) in [6.45, 7) is 4.96. The summed E-state index contributed by atoms with van der Waals surface area (Å²) >= 11 is 12.2. The predicted molar refractivity (Wildman–Crippen MR) is 121 cm³/mol. The molecule has 0 saturated heterocycles. The number of hydrogen-bond donors (Lipinski definition) is 3. The lowest BCUT2D eigenvalue weighted by Gasteiger charge is -2.27. The third-order valence-electron chi connectivity index (χ3n) is 4.91. The summed E-state index contributed by atoms with van der Waals surface area (Å²) in [5, 5.41) is 15.3. The summed E-state index contributed by atoms with van der Waals surface area (Å²) in [6.07, 6.45) is 3.51. The summed E-state index contributed by atoms with van der Waals surface area (Å²) in [7, 11) is 0. The predicted octanol–water partition coefficient (Wildman–Crippen LogP) is 4.12. The largest absolute Gasteiger partial charge is 0.427 e. The minimum Gasteiger partial charge on any atom is -0.352 e. The first-order chi connectivity index (χ1) is 15.4. The number of rotatable bonds is 6. The lowest BCUT2D eigenvalue weighted by atomic mass is 10.0. The van der Waals surface area contributed by atoms with Gasteiger partial charge in [-0.2, -0.15) is 5.10 Å². The molecule has 32 heavy (non-hydrogen) atoms. The average Bonchev–Trinajstić information content (AvgIpc) is 3.28. The van der Waals surface area contributed by atoms with Crippen molar-refractivity contribution in [1.29, 1.82) is 0 Å². The molecule has 0 radical (unpaired) electrons. The Morgan fingerprint density at radius 2 is 2.09 bits per heavy atom. The fourth-order valence-electron chi connectivity index (χ4n) is 3.41. The zero-order valence-corrected chi connectivity index (χ0v) is 19.1. The third-order valence-corrected chi connectivity index (χ3v) is 5.65. The molecule has 3 N–H and O–H groups in total. The van der Waals surface area contributed by atoms with Gasteiger partial charge >= 0.3 is 6.09 Å². The Bertz CT molecular complexity index is 1090. The normalized spacial score (nSPS) is 14.7. The van der Waals surface area contributed by atoms with Crippen molar-refractivity contribution in [2.75, 3.05) is 11.9 Å². The number of H-pyrrole nitrogens is 1. The van der Waals surface area contributed by atoms with Crippen LogP contribution in [0.5, 0.6) is 0 Å². The third kappa shape index (κ3) is 5.29. The van der Waals surface area contributed by atoms with Crippen molar-refractivity contribution in [3.05, 3.63) is 69.2 Å². The molecule has 1 aliphatic heterocycles. The van der Waals surface area contributed by atoms with Crippen LogP contribution >= 0.6 is 23.2 Å². The second kappa shape index (κ2) is 9.72. The molecule has 3 aromatic rings. The maximum atomic E-state index is 12.8. The van der Waals surface area contributed by atoms with Gasteiger partial charge in [-0.15, -0.1) is 5.06 Å². The van der Waals surface area contributed by atoms with Crippen LogP contribution in [0.4, 0.5) is 10.7 Å². The maximum Gasteiger partial charge on any atom is 0.427 e. The van der Waals surface area contributed by atoms with Crippen molar-refractivity contribution in [1.82, 2.24) is 30.5 Å².